The molecule has 1 aliphatic carbocycles. The van der Waals surface area contributed by atoms with Crippen molar-refractivity contribution >= 4 is 22.6 Å². The predicted molar refractivity (Wildman–Crippen MR) is 96.6 cm³/mol. The highest BCUT2D eigenvalue weighted by Crippen LogP contribution is 2.33. The van der Waals surface area contributed by atoms with E-state index in [1.807, 2.05) is 30.0 Å². The molecule has 2 aliphatic rings. The maximum Gasteiger partial charge on any atom is 0.310 e. The lowest BCUT2D eigenvalue weighted by Crippen LogP contribution is -2.42. The second-order valence-corrected chi connectivity index (χ2v) is 6.95. The standard InChI is InChI=1S/C21H23NO3/c1-2-25-21(24)16-6-4-12-22(13-16)20(23)18-11-10-15-9-8-14-5-3-7-17(18)19(14)15/h3,5,7,10-11,16H,2,4,6,8-9,12-13H2,1H3/t16-/m0/s1. The van der Waals surface area contributed by atoms with Crippen molar-refractivity contribution in [2.75, 3.05) is 19.7 Å². The third kappa shape index (κ3) is 2.80. The van der Waals surface area contributed by atoms with Crippen molar-refractivity contribution < 1.29 is 14.3 Å². The minimum atomic E-state index is -0.200. The molecule has 4 rings (SSSR count). The third-order valence-electron chi connectivity index (χ3n) is 5.44. The van der Waals surface area contributed by atoms with E-state index in [1.54, 1.807) is 0 Å². The van der Waals surface area contributed by atoms with Gasteiger partial charge in [0.05, 0.1) is 12.5 Å². The minimum Gasteiger partial charge on any atom is -0.466 e. The first-order chi connectivity index (χ1) is 12.2. The average molecular weight is 337 g/mol. The number of rotatable bonds is 3. The fraction of sp³-hybridized carbons (Fsp3) is 0.429. The highest BCUT2D eigenvalue weighted by molar-refractivity contribution is 6.09. The van der Waals surface area contributed by atoms with E-state index in [4.69, 9.17) is 4.74 Å². The van der Waals surface area contributed by atoms with Gasteiger partial charge in [0.2, 0.25) is 0 Å². The topological polar surface area (TPSA) is 46.6 Å². The smallest absolute Gasteiger partial charge is 0.310 e. The Bertz CT molecular complexity index is 832. The van der Waals surface area contributed by atoms with Crippen LogP contribution in [-0.2, 0) is 22.4 Å². The first kappa shape index (κ1) is 16.1. The lowest BCUT2D eigenvalue weighted by atomic mass is 9.95. The molecule has 2 aromatic carbocycles. The summed E-state index contributed by atoms with van der Waals surface area (Å²) in [4.78, 5) is 27.0. The van der Waals surface area contributed by atoms with Crippen LogP contribution in [0.3, 0.4) is 0 Å². The number of nitrogens with zero attached hydrogens (tertiary/aromatic N) is 1. The largest absolute Gasteiger partial charge is 0.466 e. The van der Waals surface area contributed by atoms with Gasteiger partial charge in [0.15, 0.2) is 0 Å². The van der Waals surface area contributed by atoms with Gasteiger partial charge in [-0.1, -0.05) is 24.3 Å². The van der Waals surface area contributed by atoms with E-state index in [-0.39, 0.29) is 17.8 Å². The van der Waals surface area contributed by atoms with E-state index in [0.717, 1.165) is 36.6 Å². The first-order valence-electron chi connectivity index (χ1n) is 9.18. The van der Waals surface area contributed by atoms with E-state index >= 15 is 0 Å². The number of esters is 1. The molecule has 0 aromatic heterocycles. The van der Waals surface area contributed by atoms with Gasteiger partial charge in [-0.25, -0.2) is 0 Å². The van der Waals surface area contributed by atoms with Crippen LogP contribution < -0.4 is 0 Å². The molecule has 0 spiro atoms. The van der Waals surface area contributed by atoms with Crippen LogP contribution in [0.15, 0.2) is 30.3 Å². The molecule has 1 aliphatic heterocycles. The number of hydrogen-bond acceptors (Lipinski definition) is 3. The summed E-state index contributed by atoms with van der Waals surface area (Å²) in [6, 6.07) is 10.3. The number of hydrogen-bond donors (Lipinski definition) is 0. The number of likely N-dealkylation sites (tertiary alicyclic amines) is 1. The molecule has 0 bridgehead atoms. The number of carbonyl (C=O) groups is 2. The number of benzene rings is 2. The number of piperidine rings is 1. The van der Waals surface area contributed by atoms with Crippen molar-refractivity contribution in [1.82, 2.24) is 4.90 Å². The SMILES string of the molecule is CCOC(=O)[C@H]1CCCN(C(=O)c2ccc3c4c(cccc24)CC3)C1. The van der Waals surface area contributed by atoms with Crippen LogP contribution in [0.1, 0.15) is 41.3 Å². The van der Waals surface area contributed by atoms with Gasteiger partial charge in [-0.05, 0) is 60.6 Å². The van der Waals surface area contributed by atoms with Gasteiger partial charge in [0, 0.05) is 18.7 Å². The summed E-state index contributed by atoms with van der Waals surface area (Å²) in [5.74, 6) is -0.348. The molecule has 0 radical (unpaired) electrons. The Morgan fingerprint density at radius 2 is 1.96 bits per heavy atom. The first-order valence-corrected chi connectivity index (χ1v) is 9.18. The maximum atomic E-state index is 13.2. The normalized spacial score (nSPS) is 19.2. The number of aryl methyl sites for hydroxylation is 2. The molecule has 0 unspecified atom stereocenters. The zero-order valence-electron chi connectivity index (χ0n) is 14.6. The summed E-state index contributed by atoms with van der Waals surface area (Å²) in [6.45, 7) is 3.37. The predicted octanol–water partition coefficient (Wildman–Crippen LogP) is 3.35. The maximum absolute atomic E-state index is 13.2. The molecule has 2 aromatic rings. The van der Waals surface area contributed by atoms with Crippen LogP contribution in [0, 0.1) is 5.92 Å². The lowest BCUT2D eigenvalue weighted by Gasteiger charge is -2.32. The van der Waals surface area contributed by atoms with Gasteiger partial charge in [0.1, 0.15) is 0 Å². The van der Waals surface area contributed by atoms with Gasteiger partial charge in [-0.2, -0.15) is 0 Å². The highest BCUT2D eigenvalue weighted by atomic mass is 16.5. The zero-order valence-corrected chi connectivity index (χ0v) is 14.6. The van der Waals surface area contributed by atoms with Crippen molar-refractivity contribution in [1.29, 1.82) is 0 Å². The van der Waals surface area contributed by atoms with E-state index in [2.05, 4.69) is 12.1 Å². The van der Waals surface area contributed by atoms with Crippen molar-refractivity contribution in [2.45, 2.75) is 32.6 Å². The Morgan fingerprint density at radius 3 is 2.76 bits per heavy atom. The van der Waals surface area contributed by atoms with Crippen LogP contribution in [0.25, 0.3) is 10.8 Å². The van der Waals surface area contributed by atoms with Crippen molar-refractivity contribution in [3.8, 4) is 0 Å². The molecule has 0 saturated carbocycles. The van der Waals surface area contributed by atoms with Crippen LogP contribution in [-0.4, -0.2) is 36.5 Å². The summed E-state index contributed by atoms with van der Waals surface area (Å²) in [5, 5.41) is 2.31. The van der Waals surface area contributed by atoms with Gasteiger partial charge in [0.25, 0.3) is 5.91 Å². The van der Waals surface area contributed by atoms with E-state index in [1.165, 1.54) is 16.5 Å². The fourth-order valence-electron chi connectivity index (χ4n) is 4.22. The molecule has 130 valence electrons. The van der Waals surface area contributed by atoms with E-state index in [9.17, 15) is 9.59 Å². The second kappa shape index (κ2) is 6.51. The van der Waals surface area contributed by atoms with Crippen LogP contribution >= 0.6 is 0 Å². The molecule has 25 heavy (non-hydrogen) atoms. The molecule has 1 heterocycles. The lowest BCUT2D eigenvalue weighted by molar-refractivity contribution is -0.149. The van der Waals surface area contributed by atoms with Crippen LogP contribution in [0.2, 0.25) is 0 Å². The molecule has 4 heteroatoms. The molecule has 1 fully saturated rings. The van der Waals surface area contributed by atoms with Crippen molar-refractivity contribution in [2.24, 2.45) is 5.92 Å². The summed E-state index contributed by atoms with van der Waals surface area (Å²) in [5.41, 5.74) is 3.43. The second-order valence-electron chi connectivity index (χ2n) is 6.95. The van der Waals surface area contributed by atoms with Gasteiger partial charge < -0.3 is 9.64 Å². The van der Waals surface area contributed by atoms with Crippen molar-refractivity contribution in [3.63, 3.8) is 0 Å². The Balaban J connectivity index is 1.63. The summed E-state index contributed by atoms with van der Waals surface area (Å²) in [7, 11) is 0. The van der Waals surface area contributed by atoms with Gasteiger partial charge >= 0.3 is 5.97 Å². The Morgan fingerprint density at radius 1 is 1.16 bits per heavy atom. The third-order valence-corrected chi connectivity index (χ3v) is 5.44. The molecular formula is C21H23NO3. The molecule has 1 atom stereocenters. The summed E-state index contributed by atoms with van der Waals surface area (Å²) >= 11 is 0. The number of ether oxygens (including phenoxy) is 1. The van der Waals surface area contributed by atoms with Crippen LogP contribution in [0.4, 0.5) is 0 Å². The van der Waals surface area contributed by atoms with Crippen LogP contribution in [0.5, 0.6) is 0 Å². The summed E-state index contributed by atoms with van der Waals surface area (Å²) in [6.07, 6.45) is 3.75. The quantitative estimate of drug-likeness (QED) is 0.807. The molecule has 1 saturated heterocycles. The summed E-state index contributed by atoms with van der Waals surface area (Å²) < 4.78 is 5.15. The highest BCUT2D eigenvalue weighted by Gasteiger charge is 2.30. The molecular weight excluding hydrogens is 314 g/mol. The number of carbonyl (C=O) groups excluding carboxylic acids is 2. The molecule has 0 N–H and O–H groups in total. The van der Waals surface area contributed by atoms with Gasteiger partial charge in [-0.15, -0.1) is 0 Å². The van der Waals surface area contributed by atoms with E-state index in [0.29, 0.717) is 19.7 Å². The fourth-order valence-corrected chi connectivity index (χ4v) is 4.22. The Labute approximate surface area is 147 Å². The van der Waals surface area contributed by atoms with Gasteiger partial charge in [-0.3, -0.25) is 9.59 Å². The van der Waals surface area contributed by atoms with Crippen molar-refractivity contribution in [3.05, 3.63) is 47.0 Å². The average Bonchev–Trinajstić information content (AvgIpc) is 3.07. The molecule has 4 nitrogen and oxygen atoms in total. The monoisotopic (exact) mass is 337 g/mol. The Kier molecular flexibility index (Phi) is 4.20. The Hall–Kier alpha value is -2.36. The van der Waals surface area contributed by atoms with E-state index < -0.39 is 0 Å². The molecule has 1 amide bonds. The minimum absolute atomic E-state index is 0.0320. The zero-order chi connectivity index (χ0) is 17.4. The number of amides is 1.